The molecule has 1 heterocycles. The van der Waals surface area contributed by atoms with Crippen molar-refractivity contribution in [2.75, 3.05) is 7.11 Å². The first kappa shape index (κ1) is 17.5. The number of methoxy groups -OCH3 is 1. The molecule has 0 unspecified atom stereocenters. The summed E-state index contributed by atoms with van der Waals surface area (Å²) in [4.78, 5) is 16.3. The predicted octanol–water partition coefficient (Wildman–Crippen LogP) is 4.53. The minimum absolute atomic E-state index is 0.135. The van der Waals surface area contributed by atoms with E-state index in [2.05, 4.69) is 4.98 Å². The molecule has 0 saturated carbocycles. The van der Waals surface area contributed by atoms with Crippen LogP contribution < -0.4 is 9.47 Å². The molecule has 0 aliphatic carbocycles. The highest BCUT2D eigenvalue weighted by Crippen LogP contribution is 2.27. The van der Waals surface area contributed by atoms with Crippen LogP contribution in [0.4, 0.5) is 13.2 Å². The second kappa shape index (κ2) is 7.26. The van der Waals surface area contributed by atoms with Crippen LogP contribution >= 0.6 is 0 Å². The molecule has 132 valence electrons. The fraction of sp³-hybridized carbons (Fsp3) is 0.0526. The van der Waals surface area contributed by atoms with E-state index in [1.54, 1.807) is 18.2 Å². The highest BCUT2D eigenvalue weighted by atomic mass is 19.1. The van der Waals surface area contributed by atoms with Gasteiger partial charge >= 0.3 is 0 Å². The number of nitrogens with zero attached hydrogens (tertiary/aromatic N) is 1. The van der Waals surface area contributed by atoms with Gasteiger partial charge in [-0.2, -0.15) is 0 Å². The van der Waals surface area contributed by atoms with E-state index in [1.165, 1.54) is 13.2 Å². The number of benzene rings is 2. The van der Waals surface area contributed by atoms with Gasteiger partial charge in [-0.05, 0) is 24.3 Å². The van der Waals surface area contributed by atoms with Crippen LogP contribution in [0.2, 0.25) is 0 Å². The zero-order chi connectivity index (χ0) is 18.7. The van der Waals surface area contributed by atoms with E-state index >= 15 is 0 Å². The van der Waals surface area contributed by atoms with Crippen LogP contribution in [0.25, 0.3) is 0 Å². The van der Waals surface area contributed by atoms with Gasteiger partial charge in [-0.1, -0.05) is 12.1 Å². The molecule has 0 bridgehead atoms. The maximum atomic E-state index is 14.3. The molecule has 3 rings (SSSR count). The Morgan fingerprint density at radius 1 is 0.962 bits per heavy atom. The third-order valence-electron chi connectivity index (χ3n) is 3.50. The number of ketones is 1. The molecule has 0 radical (unpaired) electrons. The summed E-state index contributed by atoms with van der Waals surface area (Å²) < 4.78 is 51.1. The molecule has 1 aromatic heterocycles. The fourth-order valence-electron chi connectivity index (χ4n) is 2.29. The number of aromatic nitrogens is 1. The van der Waals surface area contributed by atoms with Crippen molar-refractivity contribution in [3.05, 3.63) is 83.4 Å². The van der Waals surface area contributed by atoms with E-state index in [0.717, 1.165) is 24.4 Å². The fourth-order valence-corrected chi connectivity index (χ4v) is 2.29. The molecule has 0 saturated heterocycles. The van der Waals surface area contributed by atoms with E-state index in [1.807, 2.05) is 0 Å². The molecule has 0 aliphatic heterocycles. The topological polar surface area (TPSA) is 48.4 Å². The Morgan fingerprint density at radius 2 is 1.73 bits per heavy atom. The van der Waals surface area contributed by atoms with E-state index in [4.69, 9.17) is 9.47 Å². The first-order valence-electron chi connectivity index (χ1n) is 7.45. The molecule has 4 nitrogen and oxygen atoms in total. The van der Waals surface area contributed by atoms with Gasteiger partial charge in [0.1, 0.15) is 23.0 Å². The smallest absolute Gasteiger partial charge is 0.218 e. The Kier molecular flexibility index (Phi) is 4.88. The van der Waals surface area contributed by atoms with Gasteiger partial charge in [0.25, 0.3) is 0 Å². The summed E-state index contributed by atoms with van der Waals surface area (Å²) in [6, 6.07) is 9.95. The number of pyridine rings is 1. The van der Waals surface area contributed by atoms with Gasteiger partial charge in [-0.3, -0.25) is 4.79 Å². The van der Waals surface area contributed by atoms with Gasteiger partial charge in [0.2, 0.25) is 5.78 Å². The van der Waals surface area contributed by atoms with Crippen LogP contribution in [0.3, 0.4) is 0 Å². The first-order valence-corrected chi connectivity index (χ1v) is 7.45. The zero-order valence-electron chi connectivity index (χ0n) is 13.5. The van der Waals surface area contributed by atoms with Crippen molar-refractivity contribution < 1.29 is 27.4 Å². The molecule has 0 fully saturated rings. The van der Waals surface area contributed by atoms with Gasteiger partial charge < -0.3 is 9.47 Å². The summed E-state index contributed by atoms with van der Waals surface area (Å²) in [6.45, 7) is 0. The van der Waals surface area contributed by atoms with Crippen molar-refractivity contribution in [2.45, 2.75) is 0 Å². The summed E-state index contributed by atoms with van der Waals surface area (Å²) in [7, 11) is 1.39. The predicted molar refractivity (Wildman–Crippen MR) is 87.1 cm³/mol. The molecule has 26 heavy (non-hydrogen) atoms. The van der Waals surface area contributed by atoms with Crippen LogP contribution in [-0.4, -0.2) is 17.9 Å². The second-order valence-electron chi connectivity index (χ2n) is 5.21. The van der Waals surface area contributed by atoms with Crippen molar-refractivity contribution in [1.29, 1.82) is 0 Å². The Morgan fingerprint density at radius 3 is 2.42 bits per heavy atom. The number of carbonyl (C=O) groups excluding carboxylic acids is 1. The largest absolute Gasteiger partial charge is 0.496 e. The highest BCUT2D eigenvalue weighted by molar-refractivity contribution is 6.09. The number of carbonyl (C=O) groups is 1. The molecule has 0 atom stereocenters. The lowest BCUT2D eigenvalue weighted by molar-refractivity contribution is 0.102. The van der Waals surface area contributed by atoms with Crippen molar-refractivity contribution in [3.8, 4) is 17.2 Å². The third kappa shape index (κ3) is 3.51. The monoisotopic (exact) mass is 359 g/mol. The van der Waals surface area contributed by atoms with Gasteiger partial charge in [0.15, 0.2) is 17.4 Å². The van der Waals surface area contributed by atoms with Crippen LogP contribution in [-0.2, 0) is 0 Å². The number of halogens is 3. The maximum absolute atomic E-state index is 14.3. The molecule has 3 aromatic rings. The molecule has 0 aliphatic rings. The number of ether oxygens (including phenoxy) is 2. The lowest BCUT2D eigenvalue weighted by Gasteiger charge is -2.09. The molecule has 0 spiro atoms. The van der Waals surface area contributed by atoms with Crippen LogP contribution in [0.15, 0.2) is 54.7 Å². The van der Waals surface area contributed by atoms with Gasteiger partial charge in [0, 0.05) is 12.1 Å². The molecule has 7 heteroatoms. The summed E-state index contributed by atoms with van der Waals surface area (Å²) in [5.41, 5.74) is -0.277. The molecule has 0 N–H and O–H groups in total. The van der Waals surface area contributed by atoms with Gasteiger partial charge in [-0.25, -0.2) is 18.2 Å². The van der Waals surface area contributed by atoms with E-state index in [0.29, 0.717) is 6.07 Å². The van der Waals surface area contributed by atoms with Gasteiger partial charge in [0.05, 0.1) is 18.9 Å². The van der Waals surface area contributed by atoms with Crippen LogP contribution in [0.5, 0.6) is 17.2 Å². The average Bonchev–Trinajstić information content (AvgIpc) is 2.63. The highest BCUT2D eigenvalue weighted by Gasteiger charge is 2.20. The Balaban J connectivity index is 1.89. The van der Waals surface area contributed by atoms with Crippen molar-refractivity contribution >= 4 is 5.78 Å². The number of hydrogen-bond donors (Lipinski definition) is 0. The zero-order valence-corrected chi connectivity index (χ0v) is 13.5. The van der Waals surface area contributed by atoms with Crippen LogP contribution in [0, 0.1) is 17.5 Å². The van der Waals surface area contributed by atoms with Crippen LogP contribution in [0.1, 0.15) is 16.1 Å². The van der Waals surface area contributed by atoms with E-state index in [-0.39, 0.29) is 22.8 Å². The summed E-state index contributed by atoms with van der Waals surface area (Å²) in [5.74, 6) is -3.47. The quantitative estimate of drug-likeness (QED) is 0.628. The Hall–Kier alpha value is -3.35. The van der Waals surface area contributed by atoms with Crippen molar-refractivity contribution in [3.63, 3.8) is 0 Å². The normalized spacial score (nSPS) is 10.5. The molecular weight excluding hydrogens is 347 g/mol. The standard InChI is InChI=1S/C19H12F3NO3/c1-25-16-5-3-2-4-13(16)19(24)18-15(22)9-12(10-23-18)26-17-7-6-11(20)8-14(17)21/h2-10H,1H3. The summed E-state index contributed by atoms with van der Waals surface area (Å²) in [5, 5.41) is 0. The summed E-state index contributed by atoms with van der Waals surface area (Å²) >= 11 is 0. The average molecular weight is 359 g/mol. The molecule has 0 amide bonds. The lowest BCUT2D eigenvalue weighted by atomic mass is 10.1. The second-order valence-corrected chi connectivity index (χ2v) is 5.21. The SMILES string of the molecule is COc1ccccc1C(=O)c1ncc(Oc2ccc(F)cc2F)cc1F. The Labute approximate surface area is 146 Å². The lowest BCUT2D eigenvalue weighted by Crippen LogP contribution is -2.09. The molecular formula is C19H12F3NO3. The van der Waals surface area contributed by atoms with Crippen molar-refractivity contribution in [2.24, 2.45) is 0 Å². The van der Waals surface area contributed by atoms with E-state index in [9.17, 15) is 18.0 Å². The Bertz CT molecular complexity index is 976. The molecule has 2 aromatic carbocycles. The minimum Gasteiger partial charge on any atom is -0.496 e. The number of hydrogen-bond acceptors (Lipinski definition) is 4. The third-order valence-corrected chi connectivity index (χ3v) is 3.50. The maximum Gasteiger partial charge on any atom is 0.218 e. The van der Waals surface area contributed by atoms with Gasteiger partial charge in [-0.15, -0.1) is 0 Å². The number of para-hydroxylation sites is 1. The first-order chi connectivity index (χ1) is 12.5. The summed E-state index contributed by atoms with van der Waals surface area (Å²) in [6.07, 6.45) is 1.08. The number of rotatable bonds is 5. The van der Waals surface area contributed by atoms with Crippen molar-refractivity contribution in [1.82, 2.24) is 4.98 Å². The minimum atomic E-state index is -0.945. The van der Waals surface area contributed by atoms with E-state index < -0.39 is 28.9 Å².